The van der Waals surface area contributed by atoms with Crippen molar-refractivity contribution in [2.75, 3.05) is 31.9 Å². The number of nitrogens with zero attached hydrogens (tertiary/aromatic N) is 1. The fraction of sp³-hybridized carbons (Fsp3) is 0.611. The molecule has 0 aliphatic carbocycles. The van der Waals surface area contributed by atoms with Crippen molar-refractivity contribution in [2.24, 2.45) is 5.41 Å². The van der Waals surface area contributed by atoms with E-state index in [-0.39, 0.29) is 12.4 Å². The molecule has 2 aliphatic heterocycles. The predicted octanol–water partition coefficient (Wildman–Crippen LogP) is 3.50. The number of rotatable bonds is 4. The molecule has 1 aromatic carbocycles. The average Bonchev–Trinajstić information content (AvgIpc) is 2.98. The Morgan fingerprint density at radius 1 is 1.22 bits per heavy atom. The highest BCUT2D eigenvalue weighted by Crippen LogP contribution is 2.37. The van der Waals surface area contributed by atoms with Crippen LogP contribution < -0.4 is 5.32 Å². The molecule has 1 spiro atoms. The molecule has 0 bridgehead atoms. The molecule has 2 saturated heterocycles. The van der Waals surface area contributed by atoms with Crippen LogP contribution in [0.4, 0.5) is 0 Å². The highest BCUT2D eigenvalue weighted by molar-refractivity contribution is 7.99. The van der Waals surface area contributed by atoms with Gasteiger partial charge < -0.3 is 10.2 Å². The van der Waals surface area contributed by atoms with Crippen LogP contribution in [0.25, 0.3) is 0 Å². The summed E-state index contributed by atoms with van der Waals surface area (Å²) in [6.07, 6.45) is 4.30. The summed E-state index contributed by atoms with van der Waals surface area (Å²) in [6.45, 7) is 6.31. The Bertz CT molecular complexity index is 504. The fourth-order valence-electron chi connectivity index (χ4n) is 3.50. The number of piperidine rings is 1. The summed E-state index contributed by atoms with van der Waals surface area (Å²) in [5.74, 6) is 1.21. The molecule has 0 radical (unpaired) electrons. The van der Waals surface area contributed by atoms with Gasteiger partial charge >= 0.3 is 0 Å². The number of nitrogens with one attached hydrogen (secondary N) is 1. The number of hydrogen-bond donors (Lipinski definition) is 1. The van der Waals surface area contributed by atoms with E-state index in [2.05, 4.69) is 41.4 Å². The van der Waals surface area contributed by atoms with Gasteiger partial charge in [-0.2, -0.15) is 0 Å². The van der Waals surface area contributed by atoms with Gasteiger partial charge in [0.2, 0.25) is 5.91 Å². The van der Waals surface area contributed by atoms with Crippen molar-refractivity contribution in [3.63, 3.8) is 0 Å². The molecule has 1 N–H and O–H groups in total. The van der Waals surface area contributed by atoms with Crippen LogP contribution in [0.5, 0.6) is 0 Å². The normalized spacial score (nSPS) is 19.6. The number of carbonyl (C=O) groups excluding carboxylic acids is 1. The van der Waals surface area contributed by atoms with Crippen LogP contribution in [-0.4, -0.2) is 42.7 Å². The quantitative estimate of drug-likeness (QED) is 0.840. The van der Waals surface area contributed by atoms with Crippen LogP contribution in [0.1, 0.15) is 31.2 Å². The lowest BCUT2D eigenvalue weighted by molar-refractivity contribution is -0.132. The molecule has 1 aromatic rings. The highest BCUT2D eigenvalue weighted by Gasteiger charge is 2.37. The zero-order valence-corrected chi connectivity index (χ0v) is 15.5. The molecule has 128 valence electrons. The lowest BCUT2D eigenvalue weighted by Crippen LogP contribution is -2.44. The maximum atomic E-state index is 12.3. The summed E-state index contributed by atoms with van der Waals surface area (Å²) >= 11 is 1.78. The first-order valence-electron chi connectivity index (χ1n) is 8.35. The molecular formula is C18H27ClN2OS. The average molecular weight is 355 g/mol. The summed E-state index contributed by atoms with van der Waals surface area (Å²) in [7, 11) is 0. The van der Waals surface area contributed by atoms with Gasteiger partial charge in [-0.15, -0.1) is 24.2 Å². The molecule has 0 saturated carbocycles. The summed E-state index contributed by atoms with van der Waals surface area (Å²) in [6, 6.07) is 8.54. The zero-order valence-electron chi connectivity index (χ0n) is 13.8. The van der Waals surface area contributed by atoms with Gasteiger partial charge in [0.15, 0.2) is 0 Å². The van der Waals surface area contributed by atoms with E-state index in [0.29, 0.717) is 17.7 Å². The molecule has 0 atom stereocenters. The van der Waals surface area contributed by atoms with Crippen LogP contribution in [0.2, 0.25) is 0 Å². The van der Waals surface area contributed by atoms with Gasteiger partial charge in [0, 0.05) is 36.7 Å². The first-order valence-corrected chi connectivity index (χ1v) is 9.33. The third-order valence-corrected chi connectivity index (χ3v) is 6.13. The first-order chi connectivity index (χ1) is 10.7. The molecule has 2 heterocycles. The van der Waals surface area contributed by atoms with E-state index in [1.807, 2.05) is 0 Å². The number of aryl methyl sites for hydroxylation is 1. The standard InChI is InChI=1S/C18H26N2OS.ClH/c1-15-2-4-16(5-3-15)22-13-6-17(21)20-11-8-18(9-12-20)7-10-19-14-18;/h2-5,19H,6-14H2,1H3;1H. The second-order valence-corrected chi connectivity index (χ2v) is 7.89. The Morgan fingerprint density at radius 2 is 1.91 bits per heavy atom. The molecule has 2 aliphatic rings. The lowest BCUT2D eigenvalue weighted by atomic mass is 9.78. The number of likely N-dealkylation sites (tertiary alicyclic amines) is 1. The zero-order chi connectivity index (χ0) is 15.4. The van der Waals surface area contributed by atoms with E-state index in [0.717, 1.165) is 31.9 Å². The molecule has 3 rings (SSSR count). The van der Waals surface area contributed by atoms with Gasteiger partial charge in [0.1, 0.15) is 0 Å². The third kappa shape index (κ3) is 4.88. The number of thioether (sulfide) groups is 1. The first kappa shape index (κ1) is 18.6. The third-order valence-electron chi connectivity index (χ3n) is 5.11. The van der Waals surface area contributed by atoms with Crippen LogP contribution in [-0.2, 0) is 4.79 Å². The number of carbonyl (C=O) groups is 1. The van der Waals surface area contributed by atoms with Gasteiger partial charge in [-0.25, -0.2) is 0 Å². The van der Waals surface area contributed by atoms with Crippen molar-refractivity contribution >= 4 is 30.1 Å². The molecule has 2 fully saturated rings. The van der Waals surface area contributed by atoms with Crippen molar-refractivity contribution in [3.8, 4) is 0 Å². The summed E-state index contributed by atoms with van der Waals surface area (Å²) in [4.78, 5) is 15.7. The topological polar surface area (TPSA) is 32.3 Å². The summed E-state index contributed by atoms with van der Waals surface area (Å²) in [5.41, 5.74) is 1.78. The second-order valence-electron chi connectivity index (χ2n) is 6.72. The van der Waals surface area contributed by atoms with Gasteiger partial charge in [0.25, 0.3) is 0 Å². The number of hydrogen-bond acceptors (Lipinski definition) is 3. The maximum Gasteiger partial charge on any atom is 0.223 e. The lowest BCUT2D eigenvalue weighted by Gasteiger charge is -2.39. The minimum Gasteiger partial charge on any atom is -0.343 e. The van der Waals surface area contributed by atoms with Gasteiger partial charge in [-0.05, 0) is 50.3 Å². The Hall–Kier alpha value is -0.710. The van der Waals surface area contributed by atoms with Crippen molar-refractivity contribution in [1.82, 2.24) is 10.2 Å². The van der Waals surface area contributed by atoms with Crippen molar-refractivity contribution in [1.29, 1.82) is 0 Å². The molecule has 1 amide bonds. The summed E-state index contributed by atoms with van der Waals surface area (Å²) < 4.78 is 0. The largest absolute Gasteiger partial charge is 0.343 e. The Labute approximate surface area is 150 Å². The van der Waals surface area contributed by atoms with E-state index in [9.17, 15) is 4.79 Å². The molecular weight excluding hydrogens is 328 g/mol. The minimum atomic E-state index is 0. The molecule has 5 heteroatoms. The van der Waals surface area contributed by atoms with E-state index in [1.165, 1.54) is 29.7 Å². The van der Waals surface area contributed by atoms with Crippen LogP contribution in [0, 0.1) is 12.3 Å². The van der Waals surface area contributed by atoms with Gasteiger partial charge in [-0.1, -0.05) is 17.7 Å². The maximum absolute atomic E-state index is 12.3. The van der Waals surface area contributed by atoms with E-state index in [4.69, 9.17) is 0 Å². The molecule has 3 nitrogen and oxygen atoms in total. The predicted molar refractivity (Wildman–Crippen MR) is 99.5 cm³/mol. The van der Waals surface area contributed by atoms with Crippen molar-refractivity contribution in [3.05, 3.63) is 29.8 Å². The molecule has 23 heavy (non-hydrogen) atoms. The van der Waals surface area contributed by atoms with Crippen LogP contribution in [0.3, 0.4) is 0 Å². The van der Waals surface area contributed by atoms with Crippen LogP contribution >= 0.6 is 24.2 Å². The number of benzene rings is 1. The fourth-order valence-corrected chi connectivity index (χ4v) is 4.34. The Kier molecular flexibility index (Phi) is 6.81. The SMILES string of the molecule is Cc1ccc(SCCC(=O)N2CCC3(CCNC3)CC2)cc1.Cl. The second kappa shape index (κ2) is 8.41. The van der Waals surface area contributed by atoms with E-state index in [1.54, 1.807) is 11.8 Å². The smallest absolute Gasteiger partial charge is 0.223 e. The van der Waals surface area contributed by atoms with Crippen LogP contribution in [0.15, 0.2) is 29.2 Å². The van der Waals surface area contributed by atoms with Gasteiger partial charge in [-0.3, -0.25) is 4.79 Å². The highest BCUT2D eigenvalue weighted by atomic mass is 35.5. The number of halogens is 1. The van der Waals surface area contributed by atoms with E-state index < -0.39 is 0 Å². The van der Waals surface area contributed by atoms with Crippen molar-refractivity contribution in [2.45, 2.75) is 37.5 Å². The summed E-state index contributed by atoms with van der Waals surface area (Å²) in [5, 5.41) is 3.48. The Balaban J connectivity index is 0.00000192. The van der Waals surface area contributed by atoms with Gasteiger partial charge in [0.05, 0.1) is 0 Å². The molecule has 0 unspecified atom stereocenters. The van der Waals surface area contributed by atoms with Crippen molar-refractivity contribution < 1.29 is 4.79 Å². The Morgan fingerprint density at radius 3 is 2.52 bits per heavy atom. The number of amides is 1. The van der Waals surface area contributed by atoms with E-state index >= 15 is 0 Å². The monoisotopic (exact) mass is 354 g/mol. The minimum absolute atomic E-state index is 0. The molecule has 0 aromatic heterocycles.